The Morgan fingerprint density at radius 3 is 2.89 bits per heavy atom. The zero-order chi connectivity index (χ0) is 19.2. The number of rotatable bonds is 7. The van der Waals surface area contributed by atoms with Crippen molar-refractivity contribution < 1.29 is 24.2 Å². The number of allylic oxidation sites excluding steroid dienone is 3. The van der Waals surface area contributed by atoms with E-state index in [4.69, 9.17) is 14.6 Å². The molecule has 1 N–H and O–H groups in total. The number of Topliss-reactive ketones (excluding diaryl/α,β-unsaturated/α-hetero) is 1. The van der Waals surface area contributed by atoms with Crippen LogP contribution >= 0.6 is 0 Å². The standard InChI is InChI=1S/C22H28O5/c1-21-9-8-15(12-24)16(13-26-2)17(21)11-19-22(27-19)18(21)7-6-14(20(22)25)5-3-4-10-23/h6-7,12,17,19,23H,3-5,8-11,13H2,1-2H3. The van der Waals surface area contributed by atoms with Gasteiger partial charge in [0.1, 0.15) is 12.4 Å². The second-order valence-electron chi connectivity index (χ2n) is 8.43. The number of aliphatic hydroxyl groups excluding tert-OH is 1. The first-order valence-electron chi connectivity index (χ1n) is 9.94. The summed E-state index contributed by atoms with van der Waals surface area (Å²) in [5.41, 5.74) is 2.88. The van der Waals surface area contributed by atoms with Crippen LogP contribution in [-0.2, 0) is 19.1 Å². The second kappa shape index (κ2) is 6.80. The number of ketones is 1. The van der Waals surface area contributed by atoms with Crippen molar-refractivity contribution in [3.05, 3.63) is 34.4 Å². The Hall–Kier alpha value is -1.56. The number of aliphatic hydroxyl groups is 1. The highest BCUT2D eigenvalue weighted by atomic mass is 16.6. The van der Waals surface area contributed by atoms with Gasteiger partial charge >= 0.3 is 0 Å². The molecule has 1 heterocycles. The highest BCUT2D eigenvalue weighted by molar-refractivity contribution is 6.08. The Bertz CT molecular complexity index is 761. The van der Waals surface area contributed by atoms with Crippen LogP contribution < -0.4 is 0 Å². The van der Waals surface area contributed by atoms with Crippen LogP contribution in [-0.4, -0.2) is 49.2 Å². The Labute approximate surface area is 160 Å². The van der Waals surface area contributed by atoms with Gasteiger partial charge in [-0.1, -0.05) is 19.1 Å². The number of unbranched alkanes of at least 4 members (excludes halogenated alkanes) is 1. The van der Waals surface area contributed by atoms with E-state index in [0.29, 0.717) is 25.9 Å². The topological polar surface area (TPSA) is 76.1 Å². The van der Waals surface area contributed by atoms with Gasteiger partial charge in [-0.05, 0) is 72.2 Å². The third-order valence-electron chi connectivity index (χ3n) is 7.08. The lowest BCUT2D eigenvalue weighted by Crippen LogP contribution is -2.50. The van der Waals surface area contributed by atoms with Crippen molar-refractivity contribution in [1.29, 1.82) is 0 Å². The first kappa shape index (κ1) is 18.8. The third-order valence-corrected chi connectivity index (χ3v) is 7.08. The molecule has 4 unspecified atom stereocenters. The van der Waals surface area contributed by atoms with Gasteiger partial charge in [-0.3, -0.25) is 9.59 Å². The minimum atomic E-state index is -0.772. The van der Waals surface area contributed by atoms with E-state index in [9.17, 15) is 9.59 Å². The molecule has 5 nitrogen and oxygen atoms in total. The smallest absolute Gasteiger partial charge is 0.197 e. The summed E-state index contributed by atoms with van der Waals surface area (Å²) in [6.45, 7) is 2.83. The maximum absolute atomic E-state index is 13.3. The molecule has 0 radical (unpaired) electrons. The van der Waals surface area contributed by atoms with Gasteiger partial charge in [0.05, 0.1) is 6.61 Å². The maximum atomic E-state index is 13.3. The number of ether oxygens (including phenoxy) is 2. The largest absolute Gasteiger partial charge is 0.396 e. The van der Waals surface area contributed by atoms with Gasteiger partial charge < -0.3 is 14.6 Å². The Kier molecular flexibility index (Phi) is 4.73. The highest BCUT2D eigenvalue weighted by Gasteiger charge is 2.73. The summed E-state index contributed by atoms with van der Waals surface area (Å²) < 4.78 is 11.5. The summed E-state index contributed by atoms with van der Waals surface area (Å²) in [5, 5.41) is 9.00. The number of methoxy groups -OCH3 is 1. The van der Waals surface area contributed by atoms with Crippen LogP contribution in [0.3, 0.4) is 0 Å². The summed E-state index contributed by atoms with van der Waals surface area (Å²) in [7, 11) is 1.66. The lowest BCUT2D eigenvalue weighted by molar-refractivity contribution is -0.120. The van der Waals surface area contributed by atoms with E-state index >= 15 is 0 Å². The van der Waals surface area contributed by atoms with E-state index in [1.54, 1.807) is 7.11 Å². The predicted molar refractivity (Wildman–Crippen MR) is 100 cm³/mol. The van der Waals surface area contributed by atoms with E-state index < -0.39 is 5.60 Å². The molecule has 0 bridgehead atoms. The molecule has 1 aliphatic heterocycles. The third kappa shape index (κ3) is 2.63. The molecule has 1 saturated carbocycles. The van der Waals surface area contributed by atoms with Crippen molar-refractivity contribution in [3.63, 3.8) is 0 Å². The monoisotopic (exact) mass is 372 g/mol. The Morgan fingerprint density at radius 1 is 1.37 bits per heavy atom. The maximum Gasteiger partial charge on any atom is 0.197 e. The molecule has 0 aromatic rings. The number of carbonyl (C=O) groups is 2. The van der Waals surface area contributed by atoms with E-state index in [-0.39, 0.29) is 29.8 Å². The molecule has 2 fully saturated rings. The zero-order valence-electron chi connectivity index (χ0n) is 16.1. The molecule has 4 rings (SSSR count). The number of epoxide rings is 1. The molecule has 146 valence electrons. The predicted octanol–water partition coefficient (Wildman–Crippen LogP) is 2.68. The molecule has 1 spiro atoms. The fraction of sp³-hybridized carbons (Fsp3) is 0.636. The quantitative estimate of drug-likeness (QED) is 0.422. The van der Waals surface area contributed by atoms with Crippen LogP contribution in [0.1, 0.15) is 45.4 Å². The highest BCUT2D eigenvalue weighted by Crippen LogP contribution is 2.66. The summed E-state index contributed by atoms with van der Waals surface area (Å²) in [6, 6.07) is 0. The lowest BCUT2D eigenvalue weighted by atomic mass is 9.52. The summed E-state index contributed by atoms with van der Waals surface area (Å²) in [5.74, 6) is 0.288. The number of hydrogen-bond acceptors (Lipinski definition) is 5. The van der Waals surface area contributed by atoms with Crippen LogP contribution in [0, 0.1) is 11.3 Å². The normalized spacial score (nSPS) is 37.1. The van der Waals surface area contributed by atoms with Crippen LogP contribution in [0.15, 0.2) is 34.4 Å². The summed E-state index contributed by atoms with van der Waals surface area (Å²) >= 11 is 0. The van der Waals surface area contributed by atoms with Crippen molar-refractivity contribution in [2.24, 2.45) is 11.3 Å². The molecular weight excluding hydrogens is 344 g/mol. The van der Waals surface area contributed by atoms with E-state index in [2.05, 4.69) is 13.0 Å². The van der Waals surface area contributed by atoms with Crippen LogP contribution in [0.5, 0.6) is 0 Å². The van der Waals surface area contributed by atoms with Gasteiger partial charge in [0.15, 0.2) is 11.4 Å². The van der Waals surface area contributed by atoms with Crippen molar-refractivity contribution >= 4 is 12.1 Å². The molecule has 27 heavy (non-hydrogen) atoms. The number of aldehydes is 1. The van der Waals surface area contributed by atoms with Gasteiger partial charge in [-0.15, -0.1) is 0 Å². The van der Waals surface area contributed by atoms with Gasteiger partial charge in [0.2, 0.25) is 0 Å². The van der Waals surface area contributed by atoms with Gasteiger partial charge in [0.25, 0.3) is 0 Å². The molecule has 0 aromatic heterocycles. The first-order chi connectivity index (χ1) is 13.0. The van der Waals surface area contributed by atoms with E-state index in [0.717, 1.165) is 47.8 Å². The average Bonchev–Trinajstić information content (AvgIpc) is 3.38. The van der Waals surface area contributed by atoms with Crippen LogP contribution in [0.25, 0.3) is 0 Å². The number of fused-ring (bicyclic) bond motifs is 2. The first-order valence-corrected chi connectivity index (χ1v) is 9.94. The minimum absolute atomic E-state index is 0.103. The molecule has 3 aliphatic carbocycles. The van der Waals surface area contributed by atoms with Crippen molar-refractivity contribution in [2.75, 3.05) is 20.3 Å². The molecule has 4 aliphatic rings. The van der Waals surface area contributed by atoms with Crippen LogP contribution in [0.2, 0.25) is 0 Å². The average molecular weight is 372 g/mol. The Morgan fingerprint density at radius 2 is 2.19 bits per heavy atom. The summed E-state index contributed by atoms with van der Waals surface area (Å²) in [4.78, 5) is 24.8. The fourth-order valence-electron chi connectivity index (χ4n) is 5.58. The van der Waals surface area contributed by atoms with E-state index in [1.165, 1.54) is 0 Å². The zero-order valence-corrected chi connectivity index (χ0v) is 16.1. The lowest BCUT2D eigenvalue weighted by Gasteiger charge is -2.49. The van der Waals surface area contributed by atoms with Gasteiger partial charge in [0, 0.05) is 13.7 Å². The number of hydrogen-bond donors (Lipinski definition) is 1. The number of carbonyl (C=O) groups excluding carboxylic acids is 2. The summed E-state index contributed by atoms with van der Waals surface area (Å²) in [6.07, 6.45) is 9.47. The molecule has 5 heteroatoms. The molecule has 0 amide bonds. The van der Waals surface area contributed by atoms with Crippen molar-refractivity contribution in [3.8, 4) is 0 Å². The fourth-order valence-corrected chi connectivity index (χ4v) is 5.58. The minimum Gasteiger partial charge on any atom is -0.396 e. The molecule has 0 aromatic carbocycles. The SMILES string of the molecule is COCC1=C(C=O)CCC2(C)C3=CC=C(CCCCO)C(=O)C34OC4CC12. The molecule has 1 saturated heterocycles. The molecule has 4 atom stereocenters. The van der Waals surface area contributed by atoms with Crippen molar-refractivity contribution in [1.82, 2.24) is 0 Å². The Balaban J connectivity index is 1.71. The molecular formula is C22H28O5. The van der Waals surface area contributed by atoms with Crippen LogP contribution in [0.4, 0.5) is 0 Å². The van der Waals surface area contributed by atoms with Gasteiger partial charge in [-0.2, -0.15) is 0 Å². The van der Waals surface area contributed by atoms with Crippen molar-refractivity contribution in [2.45, 2.75) is 57.2 Å². The van der Waals surface area contributed by atoms with Gasteiger partial charge in [-0.25, -0.2) is 0 Å². The second-order valence-corrected chi connectivity index (χ2v) is 8.43. The van der Waals surface area contributed by atoms with E-state index in [1.807, 2.05) is 6.08 Å².